The third kappa shape index (κ3) is 1.12. The summed E-state index contributed by atoms with van der Waals surface area (Å²) in [5, 5.41) is 4.89. The minimum Gasteiger partial charge on any atom is -0.397 e. The summed E-state index contributed by atoms with van der Waals surface area (Å²) < 4.78 is 0. The van der Waals surface area contributed by atoms with E-state index < -0.39 is 0 Å². The smallest absolute Gasteiger partial charge is 0.0705 e. The molecule has 0 fully saturated rings. The van der Waals surface area contributed by atoms with E-state index in [9.17, 15) is 0 Å². The van der Waals surface area contributed by atoms with E-state index in [1.807, 2.05) is 18.2 Å². The van der Waals surface area contributed by atoms with Crippen LogP contribution in [0.15, 0.2) is 54.6 Å². The number of rotatable bonds is 0. The highest BCUT2D eigenvalue weighted by Crippen LogP contribution is 2.35. The van der Waals surface area contributed by atoms with E-state index >= 15 is 0 Å². The van der Waals surface area contributed by atoms with Crippen molar-refractivity contribution in [1.82, 2.24) is 4.98 Å². The van der Waals surface area contributed by atoms with Gasteiger partial charge in [-0.1, -0.05) is 42.5 Å². The Morgan fingerprint density at radius 3 is 2.44 bits per heavy atom. The molecule has 1 aromatic heterocycles. The SMILES string of the molecule is Nc1cc2ccccc2c2c1[nH]c1ccccc12. The van der Waals surface area contributed by atoms with Crippen molar-refractivity contribution in [1.29, 1.82) is 0 Å². The quantitative estimate of drug-likeness (QED) is 0.441. The first-order valence-corrected chi connectivity index (χ1v) is 6.02. The van der Waals surface area contributed by atoms with Gasteiger partial charge in [0.1, 0.15) is 0 Å². The van der Waals surface area contributed by atoms with Crippen molar-refractivity contribution in [2.24, 2.45) is 0 Å². The number of nitrogens with two attached hydrogens (primary N) is 1. The van der Waals surface area contributed by atoms with Crippen molar-refractivity contribution in [2.45, 2.75) is 0 Å². The molecule has 18 heavy (non-hydrogen) atoms. The van der Waals surface area contributed by atoms with E-state index in [-0.39, 0.29) is 0 Å². The number of fused-ring (bicyclic) bond motifs is 5. The largest absolute Gasteiger partial charge is 0.397 e. The van der Waals surface area contributed by atoms with Gasteiger partial charge in [-0.2, -0.15) is 0 Å². The number of nitrogen functional groups attached to an aromatic ring is 1. The molecule has 86 valence electrons. The topological polar surface area (TPSA) is 41.8 Å². The lowest BCUT2D eigenvalue weighted by Crippen LogP contribution is -1.87. The van der Waals surface area contributed by atoms with Crippen LogP contribution in [0.3, 0.4) is 0 Å². The Morgan fingerprint density at radius 2 is 1.56 bits per heavy atom. The van der Waals surface area contributed by atoms with E-state index in [2.05, 4.69) is 41.4 Å². The van der Waals surface area contributed by atoms with Gasteiger partial charge < -0.3 is 10.7 Å². The molecule has 0 atom stereocenters. The van der Waals surface area contributed by atoms with Crippen molar-refractivity contribution in [3.8, 4) is 0 Å². The van der Waals surface area contributed by atoms with E-state index in [1.165, 1.54) is 21.5 Å². The van der Waals surface area contributed by atoms with Crippen LogP contribution in [0.4, 0.5) is 5.69 Å². The average Bonchev–Trinajstić information content (AvgIpc) is 2.79. The van der Waals surface area contributed by atoms with Gasteiger partial charge in [0.2, 0.25) is 0 Å². The number of aromatic amines is 1. The molecule has 0 aliphatic rings. The standard InChI is InChI=1S/C16H12N2/c17-13-9-10-5-1-2-6-11(10)15-12-7-3-4-8-14(12)18-16(13)15/h1-9,18H,17H2. The van der Waals surface area contributed by atoms with Gasteiger partial charge in [-0.3, -0.25) is 0 Å². The van der Waals surface area contributed by atoms with Gasteiger partial charge in [0, 0.05) is 16.3 Å². The Hall–Kier alpha value is -2.48. The van der Waals surface area contributed by atoms with E-state index in [0.717, 1.165) is 16.7 Å². The zero-order valence-electron chi connectivity index (χ0n) is 9.77. The Kier molecular flexibility index (Phi) is 1.73. The molecule has 0 amide bonds. The van der Waals surface area contributed by atoms with Gasteiger partial charge in [-0.25, -0.2) is 0 Å². The summed E-state index contributed by atoms with van der Waals surface area (Å²) in [4.78, 5) is 3.41. The maximum atomic E-state index is 6.15. The number of hydrogen-bond donors (Lipinski definition) is 2. The summed E-state index contributed by atoms with van der Waals surface area (Å²) in [7, 11) is 0. The number of para-hydroxylation sites is 1. The van der Waals surface area contributed by atoms with Gasteiger partial charge in [-0.15, -0.1) is 0 Å². The van der Waals surface area contributed by atoms with Gasteiger partial charge in [0.25, 0.3) is 0 Å². The molecule has 0 spiro atoms. The molecular formula is C16H12N2. The molecule has 0 aliphatic carbocycles. The number of hydrogen-bond acceptors (Lipinski definition) is 1. The molecule has 3 N–H and O–H groups in total. The fraction of sp³-hybridized carbons (Fsp3) is 0. The van der Waals surface area contributed by atoms with E-state index in [1.54, 1.807) is 0 Å². The van der Waals surface area contributed by atoms with Crippen molar-refractivity contribution in [3.05, 3.63) is 54.6 Å². The number of nitrogens with one attached hydrogen (secondary N) is 1. The first kappa shape index (κ1) is 9.54. The summed E-state index contributed by atoms with van der Waals surface area (Å²) in [5.74, 6) is 0. The maximum Gasteiger partial charge on any atom is 0.0705 e. The summed E-state index contributed by atoms with van der Waals surface area (Å²) in [6, 6.07) is 18.7. The molecule has 4 rings (SSSR count). The van der Waals surface area contributed by atoms with Crippen LogP contribution >= 0.6 is 0 Å². The van der Waals surface area contributed by atoms with Crippen LogP contribution in [0.2, 0.25) is 0 Å². The first-order valence-electron chi connectivity index (χ1n) is 6.02. The highest BCUT2D eigenvalue weighted by atomic mass is 14.7. The summed E-state index contributed by atoms with van der Waals surface area (Å²) in [6.07, 6.45) is 0. The predicted molar refractivity (Wildman–Crippen MR) is 77.7 cm³/mol. The Balaban J connectivity index is 2.41. The van der Waals surface area contributed by atoms with E-state index in [0.29, 0.717) is 0 Å². The van der Waals surface area contributed by atoms with Crippen molar-refractivity contribution in [3.63, 3.8) is 0 Å². The van der Waals surface area contributed by atoms with Crippen LogP contribution in [-0.2, 0) is 0 Å². The molecule has 0 aliphatic heterocycles. The maximum absolute atomic E-state index is 6.15. The fourth-order valence-electron chi connectivity index (χ4n) is 2.73. The first-order chi connectivity index (χ1) is 8.84. The Morgan fingerprint density at radius 1 is 0.833 bits per heavy atom. The summed E-state index contributed by atoms with van der Waals surface area (Å²) in [6.45, 7) is 0. The number of benzene rings is 3. The Labute approximate surface area is 104 Å². The average molecular weight is 232 g/mol. The van der Waals surface area contributed by atoms with Crippen molar-refractivity contribution < 1.29 is 0 Å². The molecule has 1 heterocycles. The van der Waals surface area contributed by atoms with Crippen molar-refractivity contribution >= 4 is 38.3 Å². The van der Waals surface area contributed by atoms with Gasteiger partial charge >= 0.3 is 0 Å². The monoisotopic (exact) mass is 232 g/mol. The highest BCUT2D eigenvalue weighted by Gasteiger charge is 2.10. The van der Waals surface area contributed by atoms with Gasteiger partial charge in [0.05, 0.1) is 11.2 Å². The zero-order chi connectivity index (χ0) is 12.1. The molecule has 0 radical (unpaired) electrons. The third-order valence-corrected chi connectivity index (χ3v) is 3.54. The lowest BCUT2D eigenvalue weighted by atomic mass is 10.0. The normalized spacial score (nSPS) is 11.6. The van der Waals surface area contributed by atoms with Crippen LogP contribution in [0.1, 0.15) is 0 Å². The number of aromatic nitrogens is 1. The lowest BCUT2D eigenvalue weighted by molar-refractivity contribution is 1.55. The van der Waals surface area contributed by atoms with Crippen LogP contribution in [0.5, 0.6) is 0 Å². The highest BCUT2D eigenvalue weighted by molar-refractivity contribution is 6.23. The summed E-state index contributed by atoms with van der Waals surface area (Å²) >= 11 is 0. The van der Waals surface area contributed by atoms with Crippen LogP contribution in [0, 0.1) is 0 Å². The second-order valence-corrected chi connectivity index (χ2v) is 4.61. The van der Waals surface area contributed by atoms with Crippen molar-refractivity contribution in [2.75, 3.05) is 5.73 Å². The molecule has 2 heteroatoms. The molecule has 0 bridgehead atoms. The third-order valence-electron chi connectivity index (χ3n) is 3.54. The van der Waals surface area contributed by atoms with Gasteiger partial charge in [0.15, 0.2) is 0 Å². The molecule has 4 aromatic rings. The molecule has 0 unspecified atom stereocenters. The fourth-order valence-corrected chi connectivity index (χ4v) is 2.73. The molecule has 2 nitrogen and oxygen atoms in total. The summed E-state index contributed by atoms with van der Waals surface area (Å²) in [5.41, 5.74) is 9.13. The second kappa shape index (κ2) is 3.26. The minimum absolute atomic E-state index is 0.805. The second-order valence-electron chi connectivity index (χ2n) is 4.61. The molecule has 0 saturated heterocycles. The molecule has 0 saturated carbocycles. The van der Waals surface area contributed by atoms with Crippen LogP contribution < -0.4 is 5.73 Å². The van der Waals surface area contributed by atoms with Crippen LogP contribution in [0.25, 0.3) is 32.6 Å². The molecular weight excluding hydrogens is 220 g/mol. The van der Waals surface area contributed by atoms with Crippen LogP contribution in [-0.4, -0.2) is 4.98 Å². The predicted octanol–water partition coefficient (Wildman–Crippen LogP) is 4.06. The Bertz CT molecular complexity index is 887. The zero-order valence-corrected chi connectivity index (χ0v) is 9.77. The van der Waals surface area contributed by atoms with E-state index in [4.69, 9.17) is 5.73 Å². The minimum atomic E-state index is 0.805. The molecule has 3 aromatic carbocycles. The van der Waals surface area contributed by atoms with Gasteiger partial charge in [-0.05, 0) is 22.9 Å². The number of H-pyrrole nitrogens is 1. The number of anilines is 1. The lowest BCUT2D eigenvalue weighted by Gasteiger charge is -2.03.